The van der Waals surface area contributed by atoms with Gasteiger partial charge in [-0.1, -0.05) is 5.11 Å². The molecule has 142 valence electrons. The summed E-state index contributed by atoms with van der Waals surface area (Å²) >= 11 is 1.23. The van der Waals surface area contributed by atoms with E-state index in [9.17, 15) is 23.7 Å². The molecule has 0 bridgehead atoms. The molecule has 1 saturated heterocycles. The Morgan fingerprint density at radius 3 is 2.89 bits per heavy atom. The van der Waals surface area contributed by atoms with Crippen LogP contribution in [0.15, 0.2) is 44.3 Å². The maximum Gasteiger partial charge on any atom is 1.00 e. The number of carboxylic acids is 1. The molecule has 0 saturated carbocycles. The summed E-state index contributed by atoms with van der Waals surface area (Å²) < 4.78 is 16.9. The Hall–Kier alpha value is -1.76. The number of β-lactam (4-membered cyclic amide) rings is 1. The quantitative estimate of drug-likeness (QED) is 0.151. The average molecular weight is 433 g/mol. The Kier molecular flexibility index (Phi) is 7.75. The molecule has 3 heterocycles. The van der Waals surface area contributed by atoms with Gasteiger partial charge >= 0.3 is 29.6 Å². The molecular formula is C14H12N5NaO6S2. The predicted molar refractivity (Wildman–Crippen MR) is 91.1 cm³/mol. The summed E-state index contributed by atoms with van der Waals surface area (Å²) in [6.07, 6.45) is 1.33. The van der Waals surface area contributed by atoms with E-state index < -0.39 is 40.0 Å². The fourth-order valence-corrected chi connectivity index (χ4v) is 4.90. The summed E-state index contributed by atoms with van der Waals surface area (Å²) in [6, 6.07) is 2.07. The number of furan rings is 1. The van der Waals surface area contributed by atoms with Crippen molar-refractivity contribution in [2.24, 2.45) is 5.11 Å². The van der Waals surface area contributed by atoms with E-state index in [1.807, 2.05) is 0 Å². The normalized spacial score (nSPS) is 21.6. The van der Waals surface area contributed by atoms with Crippen molar-refractivity contribution in [1.82, 2.24) is 10.2 Å². The van der Waals surface area contributed by atoms with E-state index in [2.05, 4.69) is 15.3 Å². The molecule has 2 aliphatic rings. The minimum Gasteiger partial charge on any atom is -0.543 e. The van der Waals surface area contributed by atoms with Crippen LogP contribution in [0, 0.1) is 0 Å². The van der Waals surface area contributed by atoms with Crippen molar-refractivity contribution in [3.8, 4) is 0 Å². The fraction of sp³-hybridized carbons (Fsp3) is 0.357. The van der Waals surface area contributed by atoms with Gasteiger partial charge in [-0.2, -0.15) is 0 Å². The number of fused-ring (bicyclic) bond motifs is 1. The number of azide groups is 1. The summed E-state index contributed by atoms with van der Waals surface area (Å²) in [4.78, 5) is 39.4. The zero-order valence-electron chi connectivity index (χ0n) is 14.6. The molecule has 1 aromatic heterocycles. The van der Waals surface area contributed by atoms with E-state index in [0.717, 1.165) is 4.90 Å². The van der Waals surface area contributed by atoms with Gasteiger partial charge in [0.15, 0.2) is 5.09 Å². The maximum absolute atomic E-state index is 12.4. The van der Waals surface area contributed by atoms with Crippen molar-refractivity contribution in [2.75, 3.05) is 18.1 Å². The number of aliphatic carboxylic acids is 1. The van der Waals surface area contributed by atoms with Gasteiger partial charge in [0, 0.05) is 10.7 Å². The minimum atomic E-state index is -1.69. The number of thioether (sulfide) groups is 1. The molecule has 0 aliphatic carbocycles. The zero-order valence-corrected chi connectivity index (χ0v) is 18.2. The van der Waals surface area contributed by atoms with Crippen LogP contribution in [0.5, 0.6) is 0 Å². The largest absolute Gasteiger partial charge is 1.00 e. The molecule has 14 heteroatoms. The molecule has 2 unspecified atom stereocenters. The number of nitrogens with zero attached hydrogens (tertiary/aromatic N) is 4. The van der Waals surface area contributed by atoms with Crippen LogP contribution < -0.4 is 40.0 Å². The number of rotatable bonds is 7. The van der Waals surface area contributed by atoms with E-state index in [-0.39, 0.29) is 64.0 Å². The molecule has 11 nitrogen and oxygen atoms in total. The van der Waals surface area contributed by atoms with Gasteiger partial charge in [-0.25, -0.2) is 0 Å². The van der Waals surface area contributed by atoms with Gasteiger partial charge in [0.2, 0.25) is 5.91 Å². The van der Waals surface area contributed by atoms with Crippen LogP contribution in [0.1, 0.15) is 0 Å². The smallest absolute Gasteiger partial charge is 0.543 e. The molecule has 3 atom stereocenters. The Morgan fingerprint density at radius 2 is 2.29 bits per heavy atom. The van der Waals surface area contributed by atoms with E-state index >= 15 is 0 Å². The molecule has 2 amide bonds. The predicted octanol–water partition coefficient (Wildman–Crippen LogP) is -3.89. The first kappa shape index (κ1) is 22.5. The van der Waals surface area contributed by atoms with E-state index in [0.29, 0.717) is 0 Å². The summed E-state index contributed by atoms with van der Waals surface area (Å²) in [6.45, 7) is -0.192. The third-order valence-electron chi connectivity index (χ3n) is 3.86. The second-order valence-electron chi connectivity index (χ2n) is 5.51. The second-order valence-corrected chi connectivity index (χ2v) is 7.99. The summed E-state index contributed by atoms with van der Waals surface area (Å²) in [5.74, 6) is -2.98. The van der Waals surface area contributed by atoms with Crippen molar-refractivity contribution in [2.45, 2.75) is 16.5 Å². The number of carbonyl (C=O) groups is 3. The van der Waals surface area contributed by atoms with Crippen LogP contribution in [-0.4, -0.2) is 56.4 Å². The first-order valence-corrected chi connectivity index (χ1v) is 9.91. The average Bonchev–Trinajstić information content (AvgIpc) is 3.18. The SMILES string of the molecule is [N-]=[N+]=NCC1=C(C(=O)[O-])N2C(=O)C(NC(=O)CS(=O)c3ccco3)[C@H]2SC1.[Na+]. The van der Waals surface area contributed by atoms with Crippen LogP contribution in [0.25, 0.3) is 10.4 Å². The molecular weight excluding hydrogens is 421 g/mol. The molecule has 0 spiro atoms. The topological polar surface area (TPSA) is 169 Å². The van der Waals surface area contributed by atoms with Crippen LogP contribution in [0.3, 0.4) is 0 Å². The second kappa shape index (κ2) is 9.63. The van der Waals surface area contributed by atoms with Crippen LogP contribution in [0.4, 0.5) is 0 Å². The monoisotopic (exact) mass is 433 g/mol. The zero-order chi connectivity index (χ0) is 19.6. The molecule has 0 radical (unpaired) electrons. The Morgan fingerprint density at radius 1 is 1.54 bits per heavy atom. The number of nitrogens with one attached hydrogen (secondary N) is 1. The maximum atomic E-state index is 12.4. The van der Waals surface area contributed by atoms with Gasteiger partial charge in [-0.05, 0) is 23.2 Å². The first-order valence-electron chi connectivity index (χ1n) is 7.54. The van der Waals surface area contributed by atoms with Gasteiger partial charge in [-0.15, -0.1) is 11.8 Å². The van der Waals surface area contributed by atoms with Gasteiger partial charge < -0.3 is 19.6 Å². The first-order chi connectivity index (χ1) is 12.9. The van der Waals surface area contributed by atoms with Crippen molar-refractivity contribution in [1.29, 1.82) is 0 Å². The minimum absolute atomic E-state index is 0. The van der Waals surface area contributed by atoms with E-state index in [1.54, 1.807) is 6.07 Å². The molecule has 0 aromatic carbocycles. The molecule has 1 fully saturated rings. The fourth-order valence-electron chi connectivity index (χ4n) is 2.71. The number of carboxylic acid groups (broad SMARTS) is 1. The number of hydrogen-bond acceptors (Lipinski definition) is 8. The number of amides is 2. The Bertz CT molecular complexity index is 898. The van der Waals surface area contributed by atoms with Gasteiger partial charge in [0.05, 0.1) is 35.3 Å². The van der Waals surface area contributed by atoms with Crippen molar-refractivity contribution in [3.63, 3.8) is 0 Å². The third-order valence-corrected chi connectivity index (χ3v) is 6.41. The number of carbonyl (C=O) groups excluding carboxylic acids is 3. The molecule has 1 aromatic rings. The standard InChI is InChI=1S/C14H13N5O6S2.Na/c15-18-16-4-7-5-26-13-10(12(21)19(13)11(7)14(22)23)17-8(20)6-27(24)9-2-1-3-25-9;/h1-3,10,13H,4-6H2,(H,17,20)(H,22,23);/q;+1/p-1/t10?,13-,27?;/m1./s1. The Labute approximate surface area is 187 Å². The van der Waals surface area contributed by atoms with Crippen LogP contribution in [-0.2, 0) is 25.2 Å². The van der Waals surface area contributed by atoms with E-state index in [1.165, 1.54) is 24.1 Å². The summed E-state index contributed by atoms with van der Waals surface area (Å²) in [7, 11) is -1.69. The molecule has 1 N–H and O–H groups in total. The van der Waals surface area contributed by atoms with Crippen molar-refractivity contribution >= 4 is 40.3 Å². The van der Waals surface area contributed by atoms with Crippen LogP contribution in [0.2, 0.25) is 0 Å². The summed E-state index contributed by atoms with van der Waals surface area (Å²) in [5.41, 5.74) is 8.33. The van der Waals surface area contributed by atoms with Crippen LogP contribution >= 0.6 is 11.8 Å². The molecule has 28 heavy (non-hydrogen) atoms. The van der Waals surface area contributed by atoms with Gasteiger partial charge in [-0.3, -0.25) is 18.7 Å². The number of hydrogen-bond donors (Lipinski definition) is 1. The third kappa shape index (κ3) is 4.45. The van der Waals surface area contributed by atoms with Gasteiger partial charge in [0.25, 0.3) is 5.91 Å². The Balaban J connectivity index is 0.00000280. The summed E-state index contributed by atoms with van der Waals surface area (Å²) in [5, 5.41) is 16.7. The van der Waals surface area contributed by atoms with Crippen molar-refractivity contribution in [3.05, 3.63) is 40.1 Å². The van der Waals surface area contributed by atoms with Gasteiger partial charge in [0.1, 0.15) is 17.2 Å². The van der Waals surface area contributed by atoms with Crippen molar-refractivity contribution < 1.29 is 57.7 Å². The van der Waals surface area contributed by atoms with E-state index in [4.69, 9.17) is 9.95 Å². The molecule has 2 aliphatic heterocycles. The molecule has 3 rings (SSSR count).